The third-order valence-electron chi connectivity index (χ3n) is 1.79. The average Bonchev–Trinajstić information content (AvgIpc) is 2.15. The van der Waals surface area contributed by atoms with E-state index >= 15 is 0 Å². The number of hydrogen-bond donors (Lipinski definition) is 0. The minimum absolute atomic E-state index is 0.0172. The molecule has 0 aliphatic rings. The van der Waals surface area contributed by atoms with E-state index in [0.717, 1.165) is 0 Å². The Hall–Kier alpha value is -1.56. The summed E-state index contributed by atoms with van der Waals surface area (Å²) in [7, 11) is 0. The second-order valence-corrected chi connectivity index (χ2v) is 3.74. The molecule has 0 saturated heterocycles. The van der Waals surface area contributed by atoms with Crippen LogP contribution in [0.5, 0.6) is 0 Å². The second kappa shape index (κ2) is 4.31. The summed E-state index contributed by atoms with van der Waals surface area (Å²) in [4.78, 5) is 31.8. The molecule has 0 saturated carbocycles. The number of Topliss-reactive ketones (excluding diaryl/α,β-unsaturated/α-hetero) is 1. The SMILES string of the molecule is CC(=O)c1c(C=O)cc(Br)cc1[N+](=O)[O-]. The lowest BCUT2D eigenvalue weighted by atomic mass is 10.0. The molecule has 0 atom stereocenters. The van der Waals surface area contributed by atoms with Crippen LogP contribution in [0.1, 0.15) is 27.6 Å². The highest BCUT2D eigenvalue weighted by atomic mass is 79.9. The van der Waals surface area contributed by atoms with E-state index in [0.29, 0.717) is 10.8 Å². The number of nitro benzene ring substituents is 1. The van der Waals surface area contributed by atoms with Crippen LogP contribution in [0, 0.1) is 10.1 Å². The molecule has 0 heterocycles. The number of carbonyl (C=O) groups excluding carboxylic acids is 2. The second-order valence-electron chi connectivity index (χ2n) is 2.82. The third-order valence-corrected chi connectivity index (χ3v) is 2.25. The van der Waals surface area contributed by atoms with Crippen molar-refractivity contribution in [1.82, 2.24) is 0 Å². The van der Waals surface area contributed by atoms with Gasteiger partial charge in [0, 0.05) is 16.1 Å². The van der Waals surface area contributed by atoms with Crippen molar-refractivity contribution in [2.24, 2.45) is 0 Å². The summed E-state index contributed by atoms with van der Waals surface area (Å²) in [6.07, 6.45) is 0.425. The van der Waals surface area contributed by atoms with Crippen molar-refractivity contribution < 1.29 is 14.5 Å². The van der Waals surface area contributed by atoms with Crippen LogP contribution in [-0.2, 0) is 0 Å². The lowest BCUT2D eigenvalue weighted by Gasteiger charge is -2.02. The van der Waals surface area contributed by atoms with Gasteiger partial charge < -0.3 is 0 Å². The fraction of sp³-hybridized carbons (Fsp3) is 0.111. The highest BCUT2D eigenvalue weighted by molar-refractivity contribution is 9.10. The zero-order valence-electron chi connectivity index (χ0n) is 7.69. The summed E-state index contributed by atoms with van der Waals surface area (Å²) in [6, 6.07) is 2.57. The summed E-state index contributed by atoms with van der Waals surface area (Å²) < 4.78 is 0.390. The van der Waals surface area contributed by atoms with Crippen LogP contribution in [-0.4, -0.2) is 17.0 Å². The Balaban J connectivity index is 3.61. The van der Waals surface area contributed by atoms with E-state index in [1.54, 1.807) is 0 Å². The Morgan fingerprint density at radius 1 is 1.53 bits per heavy atom. The minimum atomic E-state index is -0.686. The first-order chi connectivity index (χ1) is 6.97. The van der Waals surface area contributed by atoms with Crippen LogP contribution in [0.2, 0.25) is 0 Å². The maximum absolute atomic E-state index is 11.2. The summed E-state index contributed by atoms with van der Waals surface area (Å²) in [5, 5.41) is 10.7. The summed E-state index contributed by atoms with van der Waals surface area (Å²) in [6.45, 7) is 1.18. The molecular formula is C9H6BrNO4. The number of aldehydes is 1. The first-order valence-electron chi connectivity index (χ1n) is 3.91. The molecular weight excluding hydrogens is 266 g/mol. The minimum Gasteiger partial charge on any atom is -0.298 e. The van der Waals surface area contributed by atoms with Gasteiger partial charge in [-0.3, -0.25) is 19.7 Å². The molecule has 0 spiro atoms. The lowest BCUT2D eigenvalue weighted by molar-refractivity contribution is -0.385. The van der Waals surface area contributed by atoms with Gasteiger partial charge in [-0.25, -0.2) is 0 Å². The Bertz CT molecular complexity index is 456. The maximum atomic E-state index is 11.2. The van der Waals surface area contributed by atoms with Crippen LogP contribution in [0.3, 0.4) is 0 Å². The fourth-order valence-electron chi connectivity index (χ4n) is 1.23. The molecule has 0 fully saturated rings. The molecule has 0 bridgehead atoms. The van der Waals surface area contributed by atoms with Gasteiger partial charge in [-0.1, -0.05) is 15.9 Å². The molecule has 1 rings (SSSR count). The van der Waals surface area contributed by atoms with E-state index < -0.39 is 10.7 Å². The van der Waals surface area contributed by atoms with Gasteiger partial charge in [-0.15, -0.1) is 0 Å². The van der Waals surface area contributed by atoms with Crippen LogP contribution in [0.15, 0.2) is 16.6 Å². The van der Waals surface area contributed by atoms with E-state index in [9.17, 15) is 19.7 Å². The molecule has 0 aliphatic carbocycles. The van der Waals surface area contributed by atoms with E-state index in [2.05, 4.69) is 15.9 Å². The van der Waals surface area contributed by atoms with Gasteiger partial charge in [0.2, 0.25) is 0 Å². The standard InChI is InChI=1S/C9H6BrNO4/c1-5(13)9-6(4-12)2-7(10)3-8(9)11(14)15/h2-4H,1H3. The Morgan fingerprint density at radius 2 is 2.13 bits per heavy atom. The molecule has 1 aromatic carbocycles. The van der Waals surface area contributed by atoms with E-state index in [4.69, 9.17) is 0 Å². The van der Waals surface area contributed by atoms with Crippen molar-refractivity contribution >= 4 is 33.7 Å². The molecule has 6 heteroatoms. The molecule has 0 aromatic heterocycles. The third kappa shape index (κ3) is 2.27. The van der Waals surface area contributed by atoms with Crippen molar-refractivity contribution in [3.8, 4) is 0 Å². The van der Waals surface area contributed by atoms with Crippen LogP contribution < -0.4 is 0 Å². The van der Waals surface area contributed by atoms with E-state index in [1.165, 1.54) is 19.1 Å². The molecule has 1 aromatic rings. The Kier molecular flexibility index (Phi) is 3.31. The summed E-state index contributed by atoms with van der Waals surface area (Å²) >= 11 is 3.03. The van der Waals surface area contributed by atoms with Crippen LogP contribution >= 0.6 is 15.9 Å². The molecule has 0 N–H and O–H groups in total. The van der Waals surface area contributed by atoms with Gasteiger partial charge >= 0.3 is 0 Å². The van der Waals surface area contributed by atoms with Crippen molar-refractivity contribution in [3.63, 3.8) is 0 Å². The number of benzene rings is 1. The Morgan fingerprint density at radius 3 is 2.53 bits per heavy atom. The largest absolute Gasteiger partial charge is 0.298 e. The predicted molar refractivity (Wildman–Crippen MR) is 56.2 cm³/mol. The molecule has 0 aliphatic heterocycles. The summed E-state index contributed by atoms with van der Waals surface area (Å²) in [5.74, 6) is -0.503. The van der Waals surface area contributed by atoms with Crippen molar-refractivity contribution in [2.75, 3.05) is 0 Å². The number of nitro groups is 1. The predicted octanol–water partition coefficient (Wildman–Crippen LogP) is 2.37. The van der Waals surface area contributed by atoms with Gasteiger partial charge in [0.25, 0.3) is 5.69 Å². The lowest BCUT2D eigenvalue weighted by Crippen LogP contribution is -2.04. The first kappa shape index (κ1) is 11.5. The van der Waals surface area contributed by atoms with Crippen molar-refractivity contribution in [2.45, 2.75) is 6.92 Å². The zero-order chi connectivity index (χ0) is 11.6. The number of halogens is 1. The van der Waals surface area contributed by atoms with Gasteiger partial charge in [-0.05, 0) is 13.0 Å². The molecule has 0 unspecified atom stereocenters. The first-order valence-corrected chi connectivity index (χ1v) is 4.70. The van der Waals surface area contributed by atoms with Gasteiger partial charge in [0.15, 0.2) is 12.1 Å². The highest BCUT2D eigenvalue weighted by Crippen LogP contribution is 2.27. The number of carbonyl (C=O) groups is 2. The molecule has 78 valence electrons. The average molecular weight is 272 g/mol. The van der Waals surface area contributed by atoms with Crippen molar-refractivity contribution in [3.05, 3.63) is 37.8 Å². The molecule has 15 heavy (non-hydrogen) atoms. The molecule has 0 amide bonds. The van der Waals surface area contributed by atoms with Gasteiger partial charge in [-0.2, -0.15) is 0 Å². The molecule has 0 radical (unpaired) electrons. The van der Waals surface area contributed by atoms with Gasteiger partial charge in [0.05, 0.1) is 4.92 Å². The molecule has 5 nitrogen and oxygen atoms in total. The number of rotatable bonds is 3. The summed E-state index contributed by atoms with van der Waals surface area (Å²) in [5.41, 5.74) is -0.499. The van der Waals surface area contributed by atoms with Crippen LogP contribution in [0.4, 0.5) is 5.69 Å². The normalized spacial score (nSPS) is 9.73. The quantitative estimate of drug-likeness (QED) is 0.366. The monoisotopic (exact) mass is 271 g/mol. The Labute approximate surface area is 93.4 Å². The maximum Gasteiger partial charge on any atom is 0.282 e. The van der Waals surface area contributed by atoms with Crippen LogP contribution in [0.25, 0.3) is 0 Å². The van der Waals surface area contributed by atoms with E-state index in [-0.39, 0.29) is 16.8 Å². The van der Waals surface area contributed by atoms with Crippen molar-refractivity contribution in [1.29, 1.82) is 0 Å². The zero-order valence-corrected chi connectivity index (χ0v) is 9.28. The van der Waals surface area contributed by atoms with Gasteiger partial charge in [0.1, 0.15) is 5.56 Å². The van der Waals surface area contributed by atoms with E-state index in [1.807, 2.05) is 0 Å². The topological polar surface area (TPSA) is 77.3 Å². The highest BCUT2D eigenvalue weighted by Gasteiger charge is 2.22. The fourth-order valence-corrected chi connectivity index (χ4v) is 1.70. The number of nitrogens with zero attached hydrogens (tertiary/aromatic N) is 1. The smallest absolute Gasteiger partial charge is 0.282 e. The number of hydrogen-bond acceptors (Lipinski definition) is 4. The number of ketones is 1.